The molecule has 0 aliphatic heterocycles. The molecule has 16 heteroatoms. The van der Waals surface area contributed by atoms with E-state index in [1.807, 2.05) is 0 Å². The first-order valence-electron chi connectivity index (χ1n) is 16.9. The Bertz CT molecular complexity index is 2120. The maximum Gasteiger partial charge on any atom is 0.420 e. The summed E-state index contributed by atoms with van der Waals surface area (Å²) in [7, 11) is -4.29. The normalized spacial score (nSPS) is 12.6. The van der Waals surface area contributed by atoms with Gasteiger partial charge < -0.3 is 9.47 Å². The van der Waals surface area contributed by atoms with Crippen LogP contribution in [0.2, 0.25) is 0 Å². The van der Waals surface area contributed by atoms with Crippen molar-refractivity contribution in [2.45, 2.75) is 24.7 Å². The molecule has 0 saturated carbocycles. The molecule has 6 rings (SSSR count). The zero-order valence-corrected chi connectivity index (χ0v) is 31.7. The molecule has 2 nitrogen and oxygen atoms in total. The molecule has 6 aromatic rings. The van der Waals surface area contributed by atoms with Crippen LogP contribution in [0.5, 0.6) is 11.5 Å². The summed E-state index contributed by atoms with van der Waals surface area (Å²) in [5.41, 5.74) is -11.3. The van der Waals surface area contributed by atoms with E-state index in [1.165, 1.54) is 121 Å². The fourth-order valence-electron chi connectivity index (χ4n) is 6.71. The summed E-state index contributed by atoms with van der Waals surface area (Å²) >= 11 is 0. The first-order valence-corrected chi connectivity index (χ1v) is 19.6. The average Bonchev–Trinajstić information content (AvgIpc) is 3.17. The summed E-state index contributed by atoms with van der Waals surface area (Å²) in [6, 6.07) is 29.5. The van der Waals surface area contributed by atoms with Crippen LogP contribution in [0.1, 0.15) is 22.3 Å². The lowest BCUT2D eigenvalue weighted by Crippen LogP contribution is -2.32. The molecular formula is C42H28F12O2P2. The molecule has 0 spiro atoms. The Morgan fingerprint density at radius 3 is 0.793 bits per heavy atom. The molecule has 0 aliphatic rings. The van der Waals surface area contributed by atoms with E-state index in [0.29, 0.717) is 26.4 Å². The van der Waals surface area contributed by atoms with Crippen molar-refractivity contribution in [1.29, 1.82) is 0 Å². The van der Waals surface area contributed by atoms with Crippen LogP contribution in [0.15, 0.2) is 133 Å². The Labute approximate surface area is 326 Å². The third kappa shape index (κ3) is 8.41. The number of halogens is 12. The van der Waals surface area contributed by atoms with E-state index >= 15 is 52.7 Å². The van der Waals surface area contributed by atoms with Crippen LogP contribution in [0, 0.1) is 0 Å². The minimum Gasteiger partial charge on any atom is -0.495 e. The van der Waals surface area contributed by atoms with E-state index < -0.39 is 96.0 Å². The van der Waals surface area contributed by atoms with Crippen molar-refractivity contribution in [2.75, 3.05) is 14.2 Å². The second-order valence-corrected chi connectivity index (χ2v) is 16.8. The maximum atomic E-state index is 15.9. The lowest BCUT2D eigenvalue weighted by Gasteiger charge is -2.33. The van der Waals surface area contributed by atoms with Crippen LogP contribution in [0.4, 0.5) is 52.7 Å². The van der Waals surface area contributed by atoms with Crippen LogP contribution in [-0.2, 0) is 24.7 Å². The average molecular weight is 855 g/mol. The summed E-state index contributed by atoms with van der Waals surface area (Å²) in [5.74, 6) is -3.73. The van der Waals surface area contributed by atoms with E-state index in [-0.39, 0.29) is 21.2 Å². The summed E-state index contributed by atoms with van der Waals surface area (Å²) in [5, 5.41) is -1.26. The third-order valence-corrected chi connectivity index (χ3v) is 13.8. The Morgan fingerprint density at radius 2 is 0.603 bits per heavy atom. The van der Waals surface area contributed by atoms with Gasteiger partial charge in [0.25, 0.3) is 0 Å². The molecule has 0 unspecified atom stereocenters. The molecule has 0 saturated heterocycles. The first kappa shape index (κ1) is 42.5. The molecule has 0 aromatic heterocycles. The number of rotatable bonds is 9. The van der Waals surface area contributed by atoms with Crippen molar-refractivity contribution in [3.8, 4) is 22.6 Å². The number of benzene rings is 6. The van der Waals surface area contributed by atoms with E-state index in [4.69, 9.17) is 9.47 Å². The molecule has 302 valence electrons. The highest BCUT2D eigenvalue weighted by Gasteiger charge is 2.51. The molecular weight excluding hydrogens is 826 g/mol. The highest BCUT2D eigenvalue weighted by molar-refractivity contribution is 7.80. The second-order valence-electron chi connectivity index (χ2n) is 12.5. The van der Waals surface area contributed by atoms with Crippen LogP contribution in [0.25, 0.3) is 11.1 Å². The summed E-state index contributed by atoms with van der Waals surface area (Å²) in [4.78, 5) is 0. The van der Waals surface area contributed by atoms with E-state index in [0.717, 1.165) is 0 Å². The Kier molecular flexibility index (Phi) is 12.0. The molecule has 0 bridgehead atoms. The van der Waals surface area contributed by atoms with Crippen LogP contribution in [-0.4, -0.2) is 14.2 Å². The van der Waals surface area contributed by atoms with Crippen LogP contribution >= 0.6 is 15.8 Å². The van der Waals surface area contributed by atoms with Gasteiger partial charge in [-0.1, -0.05) is 121 Å². The van der Waals surface area contributed by atoms with Crippen molar-refractivity contribution in [3.05, 3.63) is 156 Å². The molecule has 0 amide bonds. The molecule has 0 radical (unpaired) electrons. The first-order chi connectivity index (χ1) is 27.3. The van der Waals surface area contributed by atoms with Crippen molar-refractivity contribution < 1.29 is 62.2 Å². The molecule has 58 heavy (non-hydrogen) atoms. The second kappa shape index (κ2) is 16.3. The lowest BCUT2D eigenvalue weighted by atomic mass is 9.89. The van der Waals surface area contributed by atoms with Crippen molar-refractivity contribution in [3.63, 3.8) is 0 Å². The predicted molar refractivity (Wildman–Crippen MR) is 202 cm³/mol. The van der Waals surface area contributed by atoms with Gasteiger partial charge in [-0.3, -0.25) is 0 Å². The zero-order valence-electron chi connectivity index (χ0n) is 29.9. The van der Waals surface area contributed by atoms with Gasteiger partial charge in [0.15, 0.2) is 0 Å². The molecule has 0 N–H and O–H groups in total. The van der Waals surface area contributed by atoms with Gasteiger partial charge >= 0.3 is 24.7 Å². The largest absolute Gasteiger partial charge is 0.495 e. The SMILES string of the molecule is COc1c(C(F)(F)F)cc(P(c2ccccc2)c2ccccc2)c(-c2c(P(c3ccccc3)c3ccccc3)cc(C(F)(F)F)c(OC)c2C(F)(F)F)c1C(F)(F)F. The maximum absolute atomic E-state index is 15.9. The number of methoxy groups -OCH3 is 2. The number of alkyl halides is 12. The van der Waals surface area contributed by atoms with Gasteiger partial charge in [0.2, 0.25) is 0 Å². The Balaban J connectivity index is 2.02. The molecule has 6 aromatic carbocycles. The summed E-state index contributed by atoms with van der Waals surface area (Å²) < 4.78 is 196. The predicted octanol–water partition coefficient (Wildman–Crippen LogP) is 11.0. The van der Waals surface area contributed by atoms with Gasteiger partial charge in [0.1, 0.15) is 22.6 Å². The Morgan fingerprint density at radius 1 is 0.362 bits per heavy atom. The highest BCUT2D eigenvalue weighted by atomic mass is 31.1. The summed E-state index contributed by atoms with van der Waals surface area (Å²) in [6.07, 6.45) is -22.9. The third-order valence-electron chi connectivity index (χ3n) is 8.89. The fourth-order valence-corrected chi connectivity index (χ4v) is 11.7. The topological polar surface area (TPSA) is 18.5 Å². The highest BCUT2D eigenvalue weighted by Crippen LogP contribution is 2.57. The monoisotopic (exact) mass is 854 g/mol. The smallest absolute Gasteiger partial charge is 0.420 e. The minimum absolute atomic E-state index is 0.124. The van der Waals surface area contributed by atoms with Crippen molar-refractivity contribution in [2.24, 2.45) is 0 Å². The van der Waals surface area contributed by atoms with Gasteiger partial charge in [-0.15, -0.1) is 0 Å². The molecule has 0 heterocycles. The molecule has 0 atom stereocenters. The quantitative estimate of drug-likeness (QED) is 0.107. The van der Waals surface area contributed by atoms with Gasteiger partial charge in [-0.05, 0) is 59.8 Å². The van der Waals surface area contributed by atoms with Gasteiger partial charge in [-0.25, -0.2) is 0 Å². The van der Waals surface area contributed by atoms with Crippen molar-refractivity contribution in [1.82, 2.24) is 0 Å². The lowest BCUT2D eigenvalue weighted by molar-refractivity contribution is -0.147. The minimum atomic E-state index is -5.90. The number of ether oxygens (including phenoxy) is 2. The van der Waals surface area contributed by atoms with Crippen LogP contribution < -0.4 is 41.3 Å². The fraction of sp³-hybridized carbons (Fsp3) is 0.143. The standard InChI is InChI=1S/C42H28F12O2P2/c1-55-37-29(39(43,44)45)23-31(57(25-15-7-3-8-16-25)26-17-9-4-10-18-26)33(35(37)41(49,50)51)34-32(24-30(40(46,47)48)38(56-2)36(34)42(52,53)54)58(27-19-11-5-12-20-27)28-21-13-6-14-22-28/h3-24H,1-2H3. The van der Waals surface area contributed by atoms with Gasteiger partial charge in [0, 0.05) is 11.1 Å². The van der Waals surface area contributed by atoms with Gasteiger partial charge in [0.05, 0.1) is 25.3 Å². The van der Waals surface area contributed by atoms with Crippen molar-refractivity contribution >= 4 is 47.7 Å². The van der Waals surface area contributed by atoms with E-state index in [1.54, 1.807) is 0 Å². The molecule has 0 fully saturated rings. The van der Waals surface area contributed by atoms with E-state index in [9.17, 15) is 0 Å². The number of hydrogen-bond donors (Lipinski definition) is 0. The molecule has 0 aliphatic carbocycles. The van der Waals surface area contributed by atoms with Crippen LogP contribution in [0.3, 0.4) is 0 Å². The van der Waals surface area contributed by atoms with Gasteiger partial charge in [-0.2, -0.15) is 52.7 Å². The van der Waals surface area contributed by atoms with E-state index in [2.05, 4.69) is 0 Å². The summed E-state index contributed by atoms with van der Waals surface area (Å²) in [6.45, 7) is 0. The zero-order chi connectivity index (χ0) is 42.2. The number of hydrogen-bond acceptors (Lipinski definition) is 2. The Hall–Kier alpha value is -5.06.